The molecule has 0 aliphatic carbocycles. The van der Waals surface area contributed by atoms with Crippen LogP contribution in [-0.4, -0.2) is 30.9 Å². The van der Waals surface area contributed by atoms with Crippen molar-refractivity contribution in [3.63, 3.8) is 0 Å². The highest BCUT2D eigenvalue weighted by molar-refractivity contribution is 14.1. The van der Waals surface area contributed by atoms with E-state index in [1.54, 1.807) is 13.8 Å². The van der Waals surface area contributed by atoms with Crippen molar-refractivity contribution in [2.45, 2.75) is 39.8 Å². The summed E-state index contributed by atoms with van der Waals surface area (Å²) >= 11 is 2.33. The standard InChI is InChI=1S/C13H17IN4O/c1-8-5-10(6-9(2)11(8)14)12-15-17-18(16-12)7-13(3,4)19/h5-6,19H,7H2,1-4H3. The van der Waals surface area contributed by atoms with Crippen molar-refractivity contribution in [3.05, 3.63) is 26.8 Å². The zero-order valence-electron chi connectivity index (χ0n) is 11.5. The first-order valence-corrected chi connectivity index (χ1v) is 7.11. The van der Waals surface area contributed by atoms with Crippen molar-refractivity contribution in [1.82, 2.24) is 20.2 Å². The number of aliphatic hydroxyl groups is 1. The Balaban J connectivity index is 2.33. The molecule has 0 saturated carbocycles. The van der Waals surface area contributed by atoms with Crippen LogP contribution in [0.15, 0.2) is 12.1 Å². The summed E-state index contributed by atoms with van der Waals surface area (Å²) in [4.78, 5) is 1.43. The maximum absolute atomic E-state index is 9.75. The summed E-state index contributed by atoms with van der Waals surface area (Å²) in [6.07, 6.45) is 0. The van der Waals surface area contributed by atoms with Crippen LogP contribution >= 0.6 is 22.6 Å². The second kappa shape index (κ2) is 5.16. The molecule has 19 heavy (non-hydrogen) atoms. The average Bonchev–Trinajstić information content (AvgIpc) is 2.71. The van der Waals surface area contributed by atoms with Gasteiger partial charge < -0.3 is 5.11 Å². The van der Waals surface area contributed by atoms with Gasteiger partial charge in [0.1, 0.15) is 0 Å². The van der Waals surface area contributed by atoms with E-state index in [0.29, 0.717) is 12.4 Å². The Kier molecular flexibility index (Phi) is 3.91. The Morgan fingerprint density at radius 2 is 1.84 bits per heavy atom. The fourth-order valence-corrected chi connectivity index (χ4v) is 2.16. The molecule has 0 aliphatic rings. The van der Waals surface area contributed by atoms with E-state index in [-0.39, 0.29) is 0 Å². The van der Waals surface area contributed by atoms with Crippen molar-refractivity contribution < 1.29 is 5.11 Å². The molecule has 0 atom stereocenters. The van der Waals surface area contributed by atoms with Gasteiger partial charge >= 0.3 is 0 Å². The molecule has 0 fully saturated rings. The van der Waals surface area contributed by atoms with Gasteiger partial charge in [-0.25, -0.2) is 0 Å². The number of hydrogen-bond donors (Lipinski definition) is 1. The predicted octanol–water partition coefficient (Wildman–Crippen LogP) is 2.33. The fraction of sp³-hybridized carbons (Fsp3) is 0.462. The minimum atomic E-state index is -0.851. The molecule has 0 bridgehead atoms. The number of rotatable bonds is 3. The second-order valence-corrected chi connectivity index (χ2v) is 6.46. The van der Waals surface area contributed by atoms with Crippen molar-refractivity contribution in [2.75, 3.05) is 0 Å². The minimum absolute atomic E-state index is 0.322. The maximum atomic E-state index is 9.75. The first kappa shape index (κ1) is 14.4. The molecule has 2 rings (SSSR count). The molecule has 0 amide bonds. The third-order valence-electron chi connectivity index (χ3n) is 2.68. The van der Waals surface area contributed by atoms with Crippen LogP contribution in [0.1, 0.15) is 25.0 Å². The molecule has 1 heterocycles. The monoisotopic (exact) mass is 372 g/mol. The van der Waals surface area contributed by atoms with Crippen LogP contribution in [0.25, 0.3) is 11.4 Å². The van der Waals surface area contributed by atoms with Crippen LogP contribution in [0.2, 0.25) is 0 Å². The summed E-state index contributed by atoms with van der Waals surface area (Å²) in [6, 6.07) is 4.11. The summed E-state index contributed by atoms with van der Waals surface area (Å²) in [5, 5.41) is 22.1. The third-order valence-corrected chi connectivity index (χ3v) is 4.38. The second-order valence-electron chi connectivity index (χ2n) is 5.38. The van der Waals surface area contributed by atoms with E-state index in [0.717, 1.165) is 5.56 Å². The van der Waals surface area contributed by atoms with E-state index in [1.807, 2.05) is 0 Å². The van der Waals surface area contributed by atoms with Crippen LogP contribution in [-0.2, 0) is 6.54 Å². The van der Waals surface area contributed by atoms with Crippen LogP contribution in [0.3, 0.4) is 0 Å². The van der Waals surface area contributed by atoms with Gasteiger partial charge in [0.25, 0.3) is 0 Å². The van der Waals surface area contributed by atoms with Crippen LogP contribution < -0.4 is 0 Å². The van der Waals surface area contributed by atoms with E-state index in [9.17, 15) is 5.11 Å². The highest BCUT2D eigenvalue weighted by atomic mass is 127. The molecule has 2 aromatic rings. The number of aryl methyl sites for hydroxylation is 2. The van der Waals surface area contributed by atoms with E-state index < -0.39 is 5.60 Å². The molecular weight excluding hydrogens is 355 g/mol. The number of nitrogens with zero attached hydrogens (tertiary/aromatic N) is 4. The highest BCUT2D eigenvalue weighted by Crippen LogP contribution is 2.23. The topological polar surface area (TPSA) is 63.8 Å². The molecule has 1 aromatic carbocycles. The van der Waals surface area contributed by atoms with Gasteiger partial charge in [-0.3, -0.25) is 0 Å². The summed E-state index contributed by atoms with van der Waals surface area (Å²) < 4.78 is 1.25. The van der Waals surface area contributed by atoms with Gasteiger partial charge in [0, 0.05) is 9.13 Å². The molecule has 0 aliphatic heterocycles. The lowest BCUT2D eigenvalue weighted by Crippen LogP contribution is -2.27. The largest absolute Gasteiger partial charge is 0.388 e. The Hall–Kier alpha value is -1.02. The molecule has 6 heteroatoms. The lowest BCUT2D eigenvalue weighted by atomic mass is 10.1. The molecule has 1 aromatic heterocycles. The quantitative estimate of drug-likeness (QED) is 0.841. The summed E-state index contributed by atoms with van der Waals surface area (Å²) in [5.74, 6) is 0.590. The first-order valence-electron chi connectivity index (χ1n) is 6.03. The molecule has 102 valence electrons. The van der Waals surface area contributed by atoms with Gasteiger partial charge in [-0.2, -0.15) is 4.80 Å². The van der Waals surface area contributed by atoms with Gasteiger partial charge in [0.2, 0.25) is 5.82 Å². The number of tetrazole rings is 1. The Morgan fingerprint density at radius 1 is 1.26 bits per heavy atom. The Morgan fingerprint density at radius 3 is 2.37 bits per heavy atom. The van der Waals surface area contributed by atoms with E-state index in [1.165, 1.54) is 19.5 Å². The Labute approximate surface area is 126 Å². The zero-order valence-corrected chi connectivity index (χ0v) is 13.6. The SMILES string of the molecule is Cc1cc(-c2nnn(CC(C)(C)O)n2)cc(C)c1I. The summed E-state index contributed by atoms with van der Waals surface area (Å²) in [7, 11) is 0. The molecular formula is C13H17IN4O. The molecule has 1 N–H and O–H groups in total. The lowest BCUT2D eigenvalue weighted by Gasteiger charge is -2.14. The predicted molar refractivity (Wildman–Crippen MR) is 81.7 cm³/mol. The minimum Gasteiger partial charge on any atom is -0.388 e. The van der Waals surface area contributed by atoms with Crippen LogP contribution in [0.5, 0.6) is 0 Å². The van der Waals surface area contributed by atoms with E-state index in [4.69, 9.17) is 0 Å². The zero-order chi connectivity index (χ0) is 14.2. The van der Waals surface area contributed by atoms with Gasteiger partial charge in [-0.15, -0.1) is 10.2 Å². The molecule has 0 saturated heterocycles. The van der Waals surface area contributed by atoms with Crippen LogP contribution in [0, 0.1) is 17.4 Å². The molecule has 5 nitrogen and oxygen atoms in total. The van der Waals surface area contributed by atoms with Crippen molar-refractivity contribution >= 4 is 22.6 Å². The summed E-state index contributed by atoms with van der Waals surface area (Å²) in [5.41, 5.74) is 2.51. The molecule has 0 radical (unpaired) electrons. The van der Waals surface area contributed by atoms with Crippen LogP contribution in [0.4, 0.5) is 0 Å². The number of aromatic nitrogens is 4. The maximum Gasteiger partial charge on any atom is 0.204 e. The van der Waals surface area contributed by atoms with E-state index >= 15 is 0 Å². The number of benzene rings is 1. The molecule has 0 unspecified atom stereocenters. The third kappa shape index (κ3) is 3.50. The van der Waals surface area contributed by atoms with Gasteiger partial charge in [-0.1, -0.05) is 0 Å². The smallest absolute Gasteiger partial charge is 0.204 e. The van der Waals surface area contributed by atoms with Crippen molar-refractivity contribution in [2.24, 2.45) is 0 Å². The first-order chi connectivity index (χ1) is 8.76. The Bertz CT molecular complexity index is 578. The van der Waals surface area contributed by atoms with E-state index in [2.05, 4.69) is 64.0 Å². The van der Waals surface area contributed by atoms with Gasteiger partial charge in [0.15, 0.2) is 0 Å². The highest BCUT2D eigenvalue weighted by Gasteiger charge is 2.16. The van der Waals surface area contributed by atoms with Crippen molar-refractivity contribution in [1.29, 1.82) is 0 Å². The summed E-state index contributed by atoms with van der Waals surface area (Å²) in [6.45, 7) is 7.89. The normalized spacial score (nSPS) is 11.9. The average molecular weight is 372 g/mol. The number of hydrogen-bond acceptors (Lipinski definition) is 4. The molecule has 0 spiro atoms. The number of halogens is 1. The fourth-order valence-electron chi connectivity index (χ4n) is 1.85. The lowest BCUT2D eigenvalue weighted by molar-refractivity contribution is 0.0526. The van der Waals surface area contributed by atoms with Crippen molar-refractivity contribution in [3.8, 4) is 11.4 Å². The van der Waals surface area contributed by atoms with Gasteiger partial charge in [0.05, 0.1) is 12.1 Å². The van der Waals surface area contributed by atoms with Gasteiger partial charge in [-0.05, 0) is 78.8 Å².